The number of nitrogens with two attached hydrogens (primary N) is 1. The molecule has 3 rings (SSSR count). The molecule has 0 aliphatic heterocycles. The van der Waals surface area contributed by atoms with Crippen LogP contribution in [0.3, 0.4) is 0 Å². The first-order valence-electron chi connectivity index (χ1n) is 9.01. The lowest BCUT2D eigenvalue weighted by atomic mass is 10.0. The summed E-state index contributed by atoms with van der Waals surface area (Å²) in [6, 6.07) is 6.64. The highest BCUT2D eigenvalue weighted by Gasteiger charge is 2.17. The summed E-state index contributed by atoms with van der Waals surface area (Å²) in [6.07, 6.45) is 1.50. The maximum Gasteiger partial charge on any atom is 0.264 e. The topological polar surface area (TPSA) is 140 Å². The number of phenolic OH excluding ortho intramolecular Hbond substituents is 1. The number of benzene rings is 1. The zero-order chi connectivity index (χ0) is 21.3. The molecule has 0 aliphatic carbocycles. The zero-order valence-electron chi connectivity index (χ0n) is 16.4. The average molecular weight is 417 g/mol. The fraction of sp³-hybridized carbons (Fsp3) is 0.316. The Morgan fingerprint density at radius 2 is 2.03 bits per heavy atom. The van der Waals surface area contributed by atoms with Gasteiger partial charge in [-0.2, -0.15) is 0 Å². The molecule has 154 valence electrons. The Bertz CT molecular complexity index is 1240. The highest BCUT2D eigenvalue weighted by atomic mass is 32.2. The lowest BCUT2D eigenvalue weighted by Crippen LogP contribution is -2.21. The van der Waals surface area contributed by atoms with Gasteiger partial charge in [-0.05, 0) is 38.0 Å². The number of sulfonamides is 1. The van der Waals surface area contributed by atoms with Crippen molar-refractivity contribution in [3.05, 3.63) is 46.5 Å². The van der Waals surface area contributed by atoms with Gasteiger partial charge in [0.25, 0.3) is 5.56 Å². The van der Waals surface area contributed by atoms with E-state index in [0.29, 0.717) is 33.5 Å². The number of aryl methyl sites for hydroxylation is 2. The van der Waals surface area contributed by atoms with Crippen molar-refractivity contribution in [1.29, 1.82) is 0 Å². The number of pyridine rings is 1. The fourth-order valence-electron chi connectivity index (χ4n) is 2.99. The summed E-state index contributed by atoms with van der Waals surface area (Å²) < 4.78 is 23.9. The summed E-state index contributed by atoms with van der Waals surface area (Å²) in [7, 11) is -2.04. The number of aromatic nitrogens is 3. The third-order valence-corrected chi connectivity index (χ3v) is 5.15. The lowest BCUT2D eigenvalue weighted by Gasteiger charge is -2.15. The first-order valence-corrected chi connectivity index (χ1v) is 10.7. The molecule has 2 heterocycles. The molecule has 0 spiro atoms. The molecule has 2 aromatic heterocycles. The van der Waals surface area contributed by atoms with Crippen LogP contribution >= 0.6 is 0 Å². The normalized spacial score (nSPS) is 11.9. The standard InChI is InChI=1S/C19H23N5O4S/c1-11(2)22-18-16-15(21-10-24(3)19(16)26)9-14(23-18)13-6-4-5-12(17(13)25)7-8-29(20,27)28/h4-6,9-11,25H,7-8H2,1-3H3,(H,22,23)(H2,20,27,28). The predicted octanol–water partition coefficient (Wildman–Crippen LogP) is 1.35. The highest BCUT2D eigenvalue weighted by Crippen LogP contribution is 2.34. The molecular weight excluding hydrogens is 394 g/mol. The van der Waals surface area contributed by atoms with Crippen LogP contribution in [-0.2, 0) is 23.5 Å². The van der Waals surface area contributed by atoms with Gasteiger partial charge in [-0.1, -0.05) is 12.1 Å². The summed E-state index contributed by atoms with van der Waals surface area (Å²) in [4.78, 5) is 21.5. The molecule has 1 aromatic carbocycles. The maximum absolute atomic E-state index is 12.6. The van der Waals surface area contributed by atoms with Gasteiger partial charge in [0.15, 0.2) is 0 Å². The molecule has 29 heavy (non-hydrogen) atoms. The second-order valence-electron chi connectivity index (χ2n) is 7.14. The van der Waals surface area contributed by atoms with E-state index in [1.165, 1.54) is 10.9 Å². The first-order chi connectivity index (χ1) is 13.6. The molecule has 0 amide bonds. The SMILES string of the molecule is CC(C)Nc1nc(-c2cccc(CCS(N)(=O)=O)c2O)cc2ncn(C)c(=O)c12. The van der Waals surface area contributed by atoms with Crippen molar-refractivity contribution in [2.24, 2.45) is 12.2 Å². The van der Waals surface area contributed by atoms with E-state index < -0.39 is 10.0 Å². The van der Waals surface area contributed by atoms with E-state index >= 15 is 0 Å². The van der Waals surface area contributed by atoms with Crippen LogP contribution in [0.1, 0.15) is 19.4 Å². The van der Waals surface area contributed by atoms with Crippen LogP contribution in [0.15, 0.2) is 35.4 Å². The Kier molecular flexibility index (Phi) is 5.58. The lowest BCUT2D eigenvalue weighted by molar-refractivity contribution is 0.470. The average Bonchev–Trinajstić information content (AvgIpc) is 2.62. The number of nitrogens with zero attached hydrogens (tertiary/aromatic N) is 3. The zero-order valence-corrected chi connectivity index (χ0v) is 17.2. The van der Waals surface area contributed by atoms with E-state index in [1.54, 1.807) is 31.3 Å². The van der Waals surface area contributed by atoms with Crippen molar-refractivity contribution in [3.8, 4) is 17.0 Å². The van der Waals surface area contributed by atoms with Crippen LogP contribution in [0.25, 0.3) is 22.2 Å². The number of anilines is 1. The Balaban J connectivity index is 2.18. The number of phenols is 1. The monoisotopic (exact) mass is 417 g/mol. The van der Waals surface area contributed by atoms with Gasteiger partial charge in [0.1, 0.15) is 17.0 Å². The van der Waals surface area contributed by atoms with Gasteiger partial charge in [-0.15, -0.1) is 0 Å². The van der Waals surface area contributed by atoms with Gasteiger partial charge in [-0.25, -0.2) is 23.5 Å². The van der Waals surface area contributed by atoms with Gasteiger partial charge in [0.05, 0.1) is 23.3 Å². The second-order valence-corrected chi connectivity index (χ2v) is 8.87. The molecule has 0 radical (unpaired) electrons. The van der Waals surface area contributed by atoms with E-state index in [0.717, 1.165) is 0 Å². The second kappa shape index (κ2) is 7.80. The number of fused-ring (bicyclic) bond motifs is 1. The number of nitrogens with one attached hydrogen (secondary N) is 1. The third kappa shape index (κ3) is 4.54. The highest BCUT2D eigenvalue weighted by molar-refractivity contribution is 7.89. The van der Waals surface area contributed by atoms with Crippen LogP contribution in [0, 0.1) is 0 Å². The molecule has 0 atom stereocenters. The Morgan fingerprint density at radius 1 is 1.31 bits per heavy atom. The van der Waals surface area contributed by atoms with E-state index in [1.807, 2.05) is 13.8 Å². The number of hydrogen-bond donors (Lipinski definition) is 3. The molecule has 0 aliphatic rings. The molecule has 0 fully saturated rings. The molecular formula is C19H23N5O4S. The Labute approximate surface area is 168 Å². The summed E-state index contributed by atoms with van der Waals surface area (Å²) in [6.45, 7) is 3.85. The van der Waals surface area contributed by atoms with Gasteiger partial charge < -0.3 is 15.0 Å². The molecule has 0 saturated heterocycles. The Hall–Kier alpha value is -2.98. The summed E-state index contributed by atoms with van der Waals surface area (Å²) >= 11 is 0. The number of para-hydroxylation sites is 1. The number of rotatable bonds is 6. The van der Waals surface area contributed by atoms with Crippen molar-refractivity contribution in [1.82, 2.24) is 14.5 Å². The molecule has 10 heteroatoms. The molecule has 9 nitrogen and oxygen atoms in total. The van der Waals surface area contributed by atoms with Crippen molar-refractivity contribution in [3.63, 3.8) is 0 Å². The minimum absolute atomic E-state index is 0.0144. The third-order valence-electron chi connectivity index (χ3n) is 4.38. The van der Waals surface area contributed by atoms with Crippen molar-refractivity contribution >= 4 is 26.7 Å². The van der Waals surface area contributed by atoms with Gasteiger partial charge in [0, 0.05) is 18.7 Å². The van der Waals surface area contributed by atoms with E-state index in [-0.39, 0.29) is 29.5 Å². The number of hydrogen-bond acceptors (Lipinski definition) is 7. The summed E-state index contributed by atoms with van der Waals surface area (Å²) in [5.74, 6) is 0.00489. The molecule has 0 unspecified atom stereocenters. The van der Waals surface area contributed by atoms with Gasteiger partial charge in [0.2, 0.25) is 10.0 Å². The van der Waals surface area contributed by atoms with E-state index in [9.17, 15) is 18.3 Å². The first kappa shape index (κ1) is 20.7. The number of aromatic hydroxyl groups is 1. The van der Waals surface area contributed by atoms with Crippen LogP contribution in [-0.4, -0.2) is 39.9 Å². The quantitative estimate of drug-likeness (QED) is 0.550. The largest absolute Gasteiger partial charge is 0.507 e. The molecule has 0 bridgehead atoms. The van der Waals surface area contributed by atoms with Crippen molar-refractivity contribution in [2.75, 3.05) is 11.1 Å². The summed E-state index contributed by atoms with van der Waals surface area (Å²) in [5.41, 5.74) is 1.47. The predicted molar refractivity (Wildman–Crippen MR) is 112 cm³/mol. The number of primary sulfonamides is 1. The van der Waals surface area contributed by atoms with Gasteiger partial charge >= 0.3 is 0 Å². The molecule has 0 saturated carbocycles. The minimum atomic E-state index is -3.66. The van der Waals surface area contributed by atoms with Crippen LogP contribution in [0.4, 0.5) is 5.82 Å². The van der Waals surface area contributed by atoms with Crippen LogP contribution < -0.4 is 16.0 Å². The summed E-state index contributed by atoms with van der Waals surface area (Å²) in [5, 5.41) is 19.3. The van der Waals surface area contributed by atoms with E-state index in [4.69, 9.17) is 5.14 Å². The van der Waals surface area contributed by atoms with Crippen LogP contribution in [0.5, 0.6) is 5.75 Å². The molecule has 3 aromatic rings. The fourth-order valence-corrected chi connectivity index (χ4v) is 3.49. The maximum atomic E-state index is 12.6. The van der Waals surface area contributed by atoms with E-state index in [2.05, 4.69) is 15.3 Å². The van der Waals surface area contributed by atoms with Crippen LogP contribution in [0.2, 0.25) is 0 Å². The van der Waals surface area contributed by atoms with Crippen molar-refractivity contribution in [2.45, 2.75) is 26.3 Å². The molecule has 4 N–H and O–H groups in total. The Morgan fingerprint density at radius 3 is 2.69 bits per heavy atom. The van der Waals surface area contributed by atoms with Gasteiger partial charge in [-0.3, -0.25) is 4.79 Å². The minimum Gasteiger partial charge on any atom is -0.507 e. The smallest absolute Gasteiger partial charge is 0.264 e. The van der Waals surface area contributed by atoms with Crippen molar-refractivity contribution < 1.29 is 13.5 Å².